The Kier molecular flexibility index (Phi) is 3.62. The summed E-state index contributed by atoms with van der Waals surface area (Å²) >= 11 is 0. The molecule has 1 heterocycles. The Morgan fingerprint density at radius 1 is 1.22 bits per heavy atom. The van der Waals surface area contributed by atoms with Gasteiger partial charge in [-0.1, -0.05) is 22.8 Å². The lowest BCUT2D eigenvalue weighted by Crippen LogP contribution is -2.12. The predicted octanol–water partition coefficient (Wildman–Crippen LogP) is 2.43. The number of hydrogen-bond acceptors (Lipinski definition) is 5. The molecule has 96 valence electrons. The summed E-state index contributed by atoms with van der Waals surface area (Å²) in [5.74, 6) is 0.589. The van der Waals surface area contributed by atoms with Crippen LogP contribution >= 0.6 is 0 Å². The first kappa shape index (κ1) is 12.6. The highest BCUT2D eigenvalue weighted by Gasteiger charge is 2.15. The topological polar surface area (TPSA) is 54.2 Å². The van der Waals surface area contributed by atoms with E-state index in [1.165, 1.54) is 5.56 Å². The molecule has 2 aromatic rings. The van der Waals surface area contributed by atoms with Crippen molar-refractivity contribution in [3.63, 3.8) is 0 Å². The Hall–Kier alpha value is -1.88. The van der Waals surface area contributed by atoms with Gasteiger partial charge in [-0.3, -0.25) is 4.90 Å². The van der Waals surface area contributed by atoms with Crippen molar-refractivity contribution in [1.29, 1.82) is 0 Å². The number of hydrogen-bond donors (Lipinski definition) is 1. The lowest BCUT2D eigenvalue weighted by atomic mass is 10.2. The van der Waals surface area contributed by atoms with Gasteiger partial charge in [-0.2, -0.15) is 0 Å². The first-order valence-electron chi connectivity index (χ1n) is 5.93. The van der Waals surface area contributed by atoms with Crippen LogP contribution in [0.1, 0.15) is 24.4 Å². The number of anilines is 2. The van der Waals surface area contributed by atoms with E-state index in [9.17, 15) is 0 Å². The summed E-state index contributed by atoms with van der Waals surface area (Å²) < 4.78 is 5.62. The highest BCUT2D eigenvalue weighted by Crippen LogP contribution is 2.23. The van der Waals surface area contributed by atoms with Crippen molar-refractivity contribution >= 4 is 11.7 Å². The molecule has 18 heavy (non-hydrogen) atoms. The van der Waals surface area contributed by atoms with Gasteiger partial charge in [-0.15, -0.1) is 5.10 Å². The molecule has 0 saturated heterocycles. The van der Waals surface area contributed by atoms with Crippen LogP contribution < -0.4 is 10.2 Å². The fraction of sp³-hybridized carbons (Fsp3) is 0.385. The van der Waals surface area contributed by atoms with Crippen molar-refractivity contribution < 1.29 is 4.42 Å². The number of aryl methyl sites for hydroxylation is 1. The minimum Gasteiger partial charge on any atom is -0.406 e. The highest BCUT2D eigenvalue weighted by molar-refractivity contribution is 5.55. The molecule has 2 rings (SSSR count). The van der Waals surface area contributed by atoms with Gasteiger partial charge in [0.2, 0.25) is 5.89 Å². The normalized spacial score (nSPS) is 12.4. The van der Waals surface area contributed by atoms with Crippen molar-refractivity contribution in [3.05, 3.63) is 35.7 Å². The second-order valence-corrected chi connectivity index (χ2v) is 4.33. The quantitative estimate of drug-likeness (QED) is 0.898. The summed E-state index contributed by atoms with van der Waals surface area (Å²) in [6, 6.07) is 8.72. The Balaban J connectivity index is 2.20. The molecule has 1 N–H and O–H groups in total. The van der Waals surface area contributed by atoms with Gasteiger partial charge in [0.05, 0.1) is 6.04 Å². The molecule has 0 aliphatic rings. The molecule has 0 bridgehead atoms. The van der Waals surface area contributed by atoms with Crippen molar-refractivity contribution in [2.45, 2.75) is 19.9 Å². The Morgan fingerprint density at radius 3 is 2.50 bits per heavy atom. The van der Waals surface area contributed by atoms with E-state index < -0.39 is 0 Å². The molecule has 0 aliphatic heterocycles. The van der Waals surface area contributed by atoms with Gasteiger partial charge >= 0.3 is 6.01 Å². The van der Waals surface area contributed by atoms with Crippen molar-refractivity contribution in [2.75, 3.05) is 19.0 Å². The number of aromatic nitrogens is 2. The maximum Gasteiger partial charge on any atom is 0.322 e. The fourth-order valence-corrected chi connectivity index (χ4v) is 1.54. The lowest BCUT2D eigenvalue weighted by molar-refractivity contribution is 0.437. The monoisotopic (exact) mass is 246 g/mol. The SMILES string of the molecule is CNC(C)c1nnc(N(C)c2ccc(C)cc2)o1. The van der Waals surface area contributed by atoms with Crippen LogP contribution in [0.25, 0.3) is 0 Å². The molecule has 0 fully saturated rings. The number of rotatable bonds is 4. The van der Waals surface area contributed by atoms with Gasteiger partial charge in [0.25, 0.3) is 0 Å². The maximum atomic E-state index is 5.62. The van der Waals surface area contributed by atoms with Gasteiger partial charge in [0, 0.05) is 12.7 Å². The van der Waals surface area contributed by atoms with Crippen LogP contribution in [0.3, 0.4) is 0 Å². The number of nitrogens with zero attached hydrogens (tertiary/aromatic N) is 3. The zero-order valence-corrected chi connectivity index (χ0v) is 11.1. The zero-order chi connectivity index (χ0) is 13.1. The molecule has 1 aromatic heterocycles. The van der Waals surface area contributed by atoms with Crippen molar-refractivity contribution in [2.24, 2.45) is 0 Å². The van der Waals surface area contributed by atoms with Crippen molar-refractivity contribution in [1.82, 2.24) is 15.5 Å². The van der Waals surface area contributed by atoms with Gasteiger partial charge in [0.1, 0.15) is 0 Å². The van der Waals surface area contributed by atoms with Gasteiger partial charge in [-0.25, -0.2) is 0 Å². The van der Waals surface area contributed by atoms with Crippen LogP contribution in [0.5, 0.6) is 0 Å². The van der Waals surface area contributed by atoms with E-state index in [0.29, 0.717) is 11.9 Å². The second-order valence-electron chi connectivity index (χ2n) is 4.33. The Bertz CT molecular complexity index is 506. The fourth-order valence-electron chi connectivity index (χ4n) is 1.54. The molecule has 0 aliphatic carbocycles. The van der Waals surface area contributed by atoms with E-state index in [2.05, 4.69) is 34.6 Å². The largest absolute Gasteiger partial charge is 0.406 e. The van der Waals surface area contributed by atoms with E-state index >= 15 is 0 Å². The van der Waals surface area contributed by atoms with Crippen LogP contribution in [0.2, 0.25) is 0 Å². The van der Waals surface area contributed by atoms with Crippen molar-refractivity contribution in [3.8, 4) is 0 Å². The van der Waals surface area contributed by atoms with E-state index in [1.54, 1.807) is 0 Å². The smallest absolute Gasteiger partial charge is 0.322 e. The molecule has 0 spiro atoms. The summed E-state index contributed by atoms with van der Waals surface area (Å²) in [5.41, 5.74) is 2.25. The number of benzene rings is 1. The van der Waals surface area contributed by atoms with E-state index in [0.717, 1.165) is 5.69 Å². The van der Waals surface area contributed by atoms with E-state index in [-0.39, 0.29) is 6.04 Å². The number of nitrogens with one attached hydrogen (secondary N) is 1. The molecule has 1 atom stereocenters. The summed E-state index contributed by atoms with van der Waals surface area (Å²) in [4.78, 5) is 1.87. The molecular formula is C13H18N4O. The molecule has 0 saturated carbocycles. The first-order chi connectivity index (χ1) is 8.61. The van der Waals surface area contributed by atoms with Crippen LogP contribution in [-0.4, -0.2) is 24.3 Å². The van der Waals surface area contributed by atoms with Crippen LogP contribution in [-0.2, 0) is 0 Å². The summed E-state index contributed by atoms with van der Waals surface area (Å²) in [7, 11) is 3.77. The lowest BCUT2D eigenvalue weighted by Gasteiger charge is -2.14. The van der Waals surface area contributed by atoms with Crippen LogP contribution in [0.15, 0.2) is 28.7 Å². The third kappa shape index (κ3) is 2.51. The molecule has 1 unspecified atom stereocenters. The summed E-state index contributed by atoms with van der Waals surface area (Å²) in [6.07, 6.45) is 0. The third-order valence-electron chi connectivity index (χ3n) is 2.94. The van der Waals surface area contributed by atoms with E-state index in [1.807, 2.05) is 38.1 Å². The third-order valence-corrected chi connectivity index (χ3v) is 2.94. The first-order valence-corrected chi connectivity index (χ1v) is 5.93. The van der Waals surface area contributed by atoms with E-state index in [4.69, 9.17) is 4.42 Å². The average molecular weight is 246 g/mol. The molecule has 5 nitrogen and oxygen atoms in total. The summed E-state index contributed by atoms with van der Waals surface area (Å²) in [6.45, 7) is 4.03. The van der Waals surface area contributed by atoms with Gasteiger partial charge in [0.15, 0.2) is 0 Å². The predicted molar refractivity (Wildman–Crippen MR) is 71.0 cm³/mol. The zero-order valence-electron chi connectivity index (χ0n) is 11.1. The highest BCUT2D eigenvalue weighted by atomic mass is 16.4. The Morgan fingerprint density at radius 2 is 1.89 bits per heavy atom. The van der Waals surface area contributed by atoms with Crippen LogP contribution in [0, 0.1) is 6.92 Å². The minimum atomic E-state index is 0.0534. The molecular weight excluding hydrogens is 228 g/mol. The molecule has 0 radical (unpaired) electrons. The summed E-state index contributed by atoms with van der Waals surface area (Å²) in [5, 5.41) is 11.1. The average Bonchev–Trinajstić information content (AvgIpc) is 2.87. The molecule has 1 aromatic carbocycles. The minimum absolute atomic E-state index is 0.0534. The second kappa shape index (κ2) is 5.18. The molecule has 5 heteroatoms. The van der Waals surface area contributed by atoms with Crippen LogP contribution in [0.4, 0.5) is 11.7 Å². The van der Waals surface area contributed by atoms with Gasteiger partial charge < -0.3 is 9.73 Å². The molecule has 0 amide bonds. The van der Waals surface area contributed by atoms with Gasteiger partial charge in [-0.05, 0) is 33.0 Å². The standard InChI is InChI=1S/C13H18N4O/c1-9-5-7-11(8-6-9)17(4)13-16-15-12(18-13)10(2)14-3/h5-8,10,14H,1-4H3. The maximum absolute atomic E-state index is 5.62. The Labute approximate surface area is 107 Å².